The highest BCUT2D eigenvalue weighted by Crippen LogP contribution is 2.32. The maximum atomic E-state index is 12.6. The van der Waals surface area contributed by atoms with Crippen molar-refractivity contribution in [2.45, 2.75) is 25.4 Å². The number of hydrogen-bond acceptors (Lipinski definition) is 1. The summed E-state index contributed by atoms with van der Waals surface area (Å²) in [6, 6.07) is 5.19. The molecule has 7 heteroatoms. The molecule has 0 fully saturated rings. The van der Waals surface area contributed by atoms with Crippen LogP contribution in [0, 0.1) is 0 Å². The Bertz CT molecular complexity index is 452. The summed E-state index contributed by atoms with van der Waals surface area (Å²) in [6.45, 7) is 3.81. The first-order valence-corrected chi connectivity index (χ1v) is 5.36. The molecule has 19 heavy (non-hydrogen) atoms. The number of guanidine groups is 1. The molecule has 1 rings (SSSR count). The first-order chi connectivity index (χ1) is 8.13. The molecule has 0 bridgehead atoms. The average Bonchev–Trinajstić information content (AvgIpc) is 2.26. The number of halogens is 4. The second-order valence-electron chi connectivity index (χ2n) is 4.70. The third kappa shape index (κ3) is 5.25. The fourth-order valence-corrected chi connectivity index (χ4v) is 1.50. The summed E-state index contributed by atoms with van der Waals surface area (Å²) >= 11 is 0. The van der Waals surface area contributed by atoms with E-state index in [0.717, 1.165) is 12.1 Å². The molecule has 0 unspecified atom stereocenters. The molecule has 0 radical (unpaired) electrons. The summed E-state index contributed by atoms with van der Waals surface area (Å²) < 4.78 is 37.8. The molecular weight excluding hydrogens is 370 g/mol. The van der Waals surface area contributed by atoms with E-state index in [-0.39, 0.29) is 36.5 Å². The molecule has 0 aromatic heterocycles. The van der Waals surface area contributed by atoms with Gasteiger partial charge in [-0.2, -0.15) is 13.2 Å². The lowest BCUT2D eigenvalue weighted by Gasteiger charge is -2.24. The lowest BCUT2D eigenvalue weighted by Crippen LogP contribution is -2.28. The minimum atomic E-state index is -4.34. The largest absolute Gasteiger partial charge is 0.416 e. The summed E-state index contributed by atoms with van der Waals surface area (Å²) in [5.41, 5.74) is 9.76. The van der Waals surface area contributed by atoms with Crippen molar-refractivity contribution in [1.82, 2.24) is 0 Å². The van der Waals surface area contributed by atoms with Gasteiger partial charge in [0.2, 0.25) is 0 Å². The average molecular weight is 387 g/mol. The number of hydrogen-bond donors (Lipinski definition) is 2. The van der Waals surface area contributed by atoms with Gasteiger partial charge >= 0.3 is 6.18 Å². The number of rotatable bonds is 3. The number of aliphatic imine (C=N–C) groups is 1. The Balaban J connectivity index is 0.00000324. The molecule has 0 aliphatic carbocycles. The van der Waals surface area contributed by atoms with Crippen molar-refractivity contribution in [2.75, 3.05) is 6.54 Å². The maximum absolute atomic E-state index is 12.6. The lowest BCUT2D eigenvalue weighted by molar-refractivity contribution is -0.137. The lowest BCUT2D eigenvalue weighted by atomic mass is 9.84. The van der Waals surface area contributed by atoms with Crippen molar-refractivity contribution in [3.63, 3.8) is 0 Å². The molecule has 1 aromatic carbocycles. The van der Waals surface area contributed by atoms with Crippen LogP contribution in [0.2, 0.25) is 0 Å². The van der Waals surface area contributed by atoms with Gasteiger partial charge in [-0.1, -0.05) is 32.0 Å². The van der Waals surface area contributed by atoms with Crippen molar-refractivity contribution in [3.05, 3.63) is 35.4 Å². The molecular formula is C12H17F3IN3. The zero-order valence-electron chi connectivity index (χ0n) is 10.7. The van der Waals surface area contributed by atoms with Gasteiger partial charge in [-0.15, -0.1) is 24.0 Å². The van der Waals surface area contributed by atoms with Crippen LogP contribution in [-0.2, 0) is 11.6 Å². The van der Waals surface area contributed by atoms with Gasteiger partial charge in [0.1, 0.15) is 0 Å². The van der Waals surface area contributed by atoms with Gasteiger partial charge in [-0.25, -0.2) is 0 Å². The van der Waals surface area contributed by atoms with Gasteiger partial charge in [0, 0.05) is 5.41 Å². The minimum Gasteiger partial charge on any atom is -0.370 e. The number of alkyl halides is 3. The molecule has 4 N–H and O–H groups in total. The van der Waals surface area contributed by atoms with E-state index < -0.39 is 17.2 Å². The van der Waals surface area contributed by atoms with Crippen LogP contribution < -0.4 is 11.5 Å². The molecule has 108 valence electrons. The minimum absolute atomic E-state index is 0. The molecule has 0 aliphatic heterocycles. The standard InChI is InChI=1S/C12H16F3N3.HI/c1-11(2,7-18-10(16)17)8-4-3-5-9(6-8)12(13,14)15;/h3-6H,7H2,1-2H3,(H4,16,17,18);1H. The van der Waals surface area contributed by atoms with E-state index in [9.17, 15) is 13.2 Å². The predicted molar refractivity (Wildman–Crippen MR) is 80.6 cm³/mol. The van der Waals surface area contributed by atoms with Crippen LogP contribution in [0.4, 0.5) is 13.2 Å². The fraction of sp³-hybridized carbons (Fsp3) is 0.417. The van der Waals surface area contributed by atoms with E-state index in [0.29, 0.717) is 5.56 Å². The van der Waals surface area contributed by atoms with E-state index >= 15 is 0 Å². The van der Waals surface area contributed by atoms with Crippen molar-refractivity contribution >= 4 is 29.9 Å². The van der Waals surface area contributed by atoms with Crippen LogP contribution in [-0.4, -0.2) is 12.5 Å². The van der Waals surface area contributed by atoms with Crippen LogP contribution in [0.25, 0.3) is 0 Å². The van der Waals surface area contributed by atoms with Crippen molar-refractivity contribution in [2.24, 2.45) is 16.5 Å². The molecule has 0 heterocycles. The summed E-state index contributed by atoms with van der Waals surface area (Å²) in [6.07, 6.45) is -4.34. The van der Waals surface area contributed by atoms with Gasteiger partial charge in [-0.05, 0) is 11.6 Å². The Hall–Kier alpha value is -0.990. The predicted octanol–water partition coefficient (Wildman–Crippen LogP) is 2.87. The van der Waals surface area contributed by atoms with E-state index in [2.05, 4.69) is 4.99 Å². The summed E-state index contributed by atoms with van der Waals surface area (Å²) in [5, 5.41) is 0. The zero-order chi connectivity index (χ0) is 14.0. The van der Waals surface area contributed by atoms with E-state index in [1.807, 2.05) is 0 Å². The van der Waals surface area contributed by atoms with Crippen molar-refractivity contribution in [1.29, 1.82) is 0 Å². The Morgan fingerprint density at radius 1 is 1.16 bits per heavy atom. The van der Waals surface area contributed by atoms with Gasteiger partial charge in [0.25, 0.3) is 0 Å². The van der Waals surface area contributed by atoms with Gasteiger partial charge < -0.3 is 11.5 Å². The van der Waals surface area contributed by atoms with Gasteiger partial charge in [0.15, 0.2) is 5.96 Å². The number of nitrogens with two attached hydrogens (primary N) is 2. The Morgan fingerprint density at radius 2 is 1.68 bits per heavy atom. The molecule has 0 amide bonds. The normalized spacial score (nSPS) is 11.6. The second kappa shape index (κ2) is 6.44. The zero-order valence-corrected chi connectivity index (χ0v) is 13.0. The first kappa shape index (κ1) is 18.0. The van der Waals surface area contributed by atoms with Crippen LogP contribution in [0.15, 0.2) is 29.3 Å². The fourth-order valence-electron chi connectivity index (χ4n) is 1.50. The molecule has 0 saturated carbocycles. The molecule has 1 aromatic rings. The Morgan fingerprint density at radius 3 is 2.16 bits per heavy atom. The van der Waals surface area contributed by atoms with Gasteiger partial charge in [-0.3, -0.25) is 4.99 Å². The summed E-state index contributed by atoms with van der Waals surface area (Å²) in [4.78, 5) is 3.86. The quantitative estimate of drug-likeness (QED) is 0.476. The van der Waals surface area contributed by atoms with Crippen LogP contribution in [0.5, 0.6) is 0 Å². The number of benzene rings is 1. The first-order valence-electron chi connectivity index (χ1n) is 5.36. The molecule has 0 aliphatic rings. The summed E-state index contributed by atoms with van der Waals surface area (Å²) in [7, 11) is 0. The second-order valence-corrected chi connectivity index (χ2v) is 4.70. The monoisotopic (exact) mass is 387 g/mol. The van der Waals surface area contributed by atoms with E-state index in [4.69, 9.17) is 11.5 Å². The van der Waals surface area contributed by atoms with Crippen molar-refractivity contribution < 1.29 is 13.2 Å². The third-order valence-corrected chi connectivity index (χ3v) is 2.63. The highest BCUT2D eigenvalue weighted by Gasteiger charge is 2.32. The maximum Gasteiger partial charge on any atom is 0.416 e. The van der Waals surface area contributed by atoms with Crippen molar-refractivity contribution in [3.8, 4) is 0 Å². The molecule has 3 nitrogen and oxygen atoms in total. The summed E-state index contributed by atoms with van der Waals surface area (Å²) in [5.74, 6) is -0.0740. The van der Waals surface area contributed by atoms with E-state index in [1.165, 1.54) is 6.07 Å². The Labute approximate surface area is 127 Å². The SMILES string of the molecule is CC(C)(CN=C(N)N)c1cccc(C(F)(F)F)c1.I. The van der Waals surface area contributed by atoms with E-state index in [1.54, 1.807) is 19.9 Å². The van der Waals surface area contributed by atoms with Gasteiger partial charge in [0.05, 0.1) is 12.1 Å². The highest BCUT2D eigenvalue weighted by molar-refractivity contribution is 14.0. The highest BCUT2D eigenvalue weighted by atomic mass is 127. The third-order valence-electron chi connectivity index (χ3n) is 2.63. The van der Waals surface area contributed by atoms with Crippen LogP contribution in [0.3, 0.4) is 0 Å². The number of nitrogens with zero attached hydrogens (tertiary/aromatic N) is 1. The molecule has 0 saturated heterocycles. The Kier molecular flexibility index (Phi) is 6.11. The molecule has 0 spiro atoms. The van der Waals surface area contributed by atoms with Crippen LogP contribution in [0.1, 0.15) is 25.0 Å². The smallest absolute Gasteiger partial charge is 0.370 e. The van der Waals surface area contributed by atoms with Crippen LogP contribution >= 0.6 is 24.0 Å². The molecule has 0 atom stereocenters. The topological polar surface area (TPSA) is 64.4 Å².